The summed E-state index contributed by atoms with van der Waals surface area (Å²) in [5.41, 5.74) is 1.83. The molecular weight excluding hydrogens is 438 g/mol. The van der Waals surface area contributed by atoms with Gasteiger partial charge in [0.1, 0.15) is 11.4 Å². The minimum Gasteiger partial charge on any atom is -0.483 e. The van der Waals surface area contributed by atoms with E-state index in [1.807, 2.05) is 48.1 Å². The number of anilines is 1. The molecule has 11 nitrogen and oxygen atoms in total. The average Bonchev–Trinajstić information content (AvgIpc) is 3.25. The van der Waals surface area contributed by atoms with E-state index in [1.165, 1.54) is 0 Å². The summed E-state index contributed by atoms with van der Waals surface area (Å²) in [5, 5.41) is 17.6. The van der Waals surface area contributed by atoms with Gasteiger partial charge >= 0.3 is 0 Å². The van der Waals surface area contributed by atoms with Crippen LogP contribution >= 0.6 is 0 Å². The lowest BCUT2D eigenvalue weighted by molar-refractivity contribution is -0.122. The molecule has 0 spiro atoms. The number of pyridine rings is 2. The monoisotopic (exact) mass is 465 g/mol. The predicted octanol–water partition coefficient (Wildman–Crippen LogP) is 0.898. The molecule has 11 heteroatoms. The summed E-state index contributed by atoms with van der Waals surface area (Å²) in [7, 11) is 0. The van der Waals surface area contributed by atoms with Gasteiger partial charge in [0.2, 0.25) is 0 Å². The van der Waals surface area contributed by atoms with Crippen molar-refractivity contribution < 1.29 is 14.7 Å². The molecule has 1 saturated heterocycles. The first-order valence-corrected chi connectivity index (χ1v) is 11.1. The minimum absolute atomic E-state index is 0.195. The molecule has 0 unspecified atom stereocenters. The zero-order valence-corrected chi connectivity index (χ0v) is 18.9. The molecule has 2 aliphatic rings. The third kappa shape index (κ3) is 4.98. The van der Waals surface area contributed by atoms with Crippen LogP contribution in [-0.4, -0.2) is 61.7 Å². The van der Waals surface area contributed by atoms with E-state index in [0.717, 1.165) is 36.7 Å². The van der Waals surface area contributed by atoms with Gasteiger partial charge < -0.3 is 19.9 Å². The van der Waals surface area contributed by atoms with Gasteiger partial charge in [-0.3, -0.25) is 19.1 Å². The first kappa shape index (κ1) is 23.1. The second kappa shape index (κ2) is 10.3. The molecule has 2 N–H and O–H groups in total. The molecular formula is C23H27N7O4. The van der Waals surface area contributed by atoms with E-state index in [0.29, 0.717) is 25.6 Å². The van der Waals surface area contributed by atoms with Gasteiger partial charge in [-0.15, -0.1) is 5.10 Å². The summed E-state index contributed by atoms with van der Waals surface area (Å²) in [6, 6.07) is 9.56. The van der Waals surface area contributed by atoms with Crippen LogP contribution < -0.4 is 15.8 Å². The van der Waals surface area contributed by atoms with Crippen LogP contribution in [0, 0.1) is 12.8 Å². The standard InChI is InChI=1S/C22H25N7O2.CH2O2/c1-15-11-28(26-25-15)9-8-24-21(30)18-5-6-19-17-10-16(13-29(19)22(18)31)12-27(14-17)20-4-2-3-7-23-20;2-1-3/h2-7,11,16-17H,8-10,12-14H2,1H3,(H,24,30);1H,(H,2,3)/t16-,17+;/m0./s1. The average molecular weight is 466 g/mol. The van der Waals surface area contributed by atoms with Gasteiger partial charge in [-0.2, -0.15) is 0 Å². The van der Waals surface area contributed by atoms with E-state index < -0.39 is 0 Å². The predicted molar refractivity (Wildman–Crippen MR) is 124 cm³/mol. The summed E-state index contributed by atoms with van der Waals surface area (Å²) >= 11 is 0. The largest absolute Gasteiger partial charge is 0.483 e. The van der Waals surface area contributed by atoms with Crippen molar-refractivity contribution in [2.45, 2.75) is 32.4 Å². The molecule has 0 aliphatic carbocycles. The van der Waals surface area contributed by atoms with Gasteiger partial charge in [-0.25, -0.2) is 4.98 Å². The highest BCUT2D eigenvalue weighted by Crippen LogP contribution is 2.36. The van der Waals surface area contributed by atoms with Crippen molar-refractivity contribution in [2.24, 2.45) is 5.92 Å². The lowest BCUT2D eigenvalue weighted by Crippen LogP contribution is -2.48. The Hall–Kier alpha value is -4.02. The third-order valence-corrected chi connectivity index (χ3v) is 6.10. The van der Waals surface area contributed by atoms with Crippen molar-refractivity contribution in [1.82, 2.24) is 29.9 Å². The van der Waals surface area contributed by atoms with Crippen molar-refractivity contribution in [3.8, 4) is 0 Å². The normalized spacial score (nSPS) is 18.3. The zero-order valence-electron chi connectivity index (χ0n) is 18.9. The van der Waals surface area contributed by atoms with Crippen LogP contribution in [0.2, 0.25) is 0 Å². The van der Waals surface area contributed by atoms with Crippen molar-refractivity contribution in [1.29, 1.82) is 0 Å². The van der Waals surface area contributed by atoms with E-state index in [-0.39, 0.29) is 29.4 Å². The van der Waals surface area contributed by atoms with Crippen LogP contribution in [0.4, 0.5) is 5.82 Å². The first-order valence-electron chi connectivity index (χ1n) is 11.1. The van der Waals surface area contributed by atoms with Crippen molar-refractivity contribution in [3.05, 3.63) is 70.0 Å². The maximum Gasteiger partial charge on any atom is 0.290 e. The van der Waals surface area contributed by atoms with E-state index in [9.17, 15) is 9.59 Å². The minimum atomic E-state index is -0.344. The zero-order chi connectivity index (χ0) is 24.1. The fourth-order valence-corrected chi connectivity index (χ4v) is 4.73. The summed E-state index contributed by atoms with van der Waals surface area (Å²) in [5.74, 6) is 1.25. The van der Waals surface area contributed by atoms with Crippen LogP contribution in [0.3, 0.4) is 0 Å². The fourth-order valence-electron chi connectivity index (χ4n) is 4.73. The highest BCUT2D eigenvalue weighted by atomic mass is 16.3. The molecule has 0 aromatic carbocycles. The molecule has 5 heterocycles. The number of aryl methyl sites for hydroxylation is 1. The second-order valence-corrected chi connectivity index (χ2v) is 8.46. The van der Waals surface area contributed by atoms with Gasteiger partial charge in [0.25, 0.3) is 17.9 Å². The summed E-state index contributed by atoms with van der Waals surface area (Å²) in [6.07, 6.45) is 4.69. The first-order chi connectivity index (χ1) is 16.5. The lowest BCUT2D eigenvalue weighted by atomic mass is 9.83. The molecule has 178 valence electrons. The highest BCUT2D eigenvalue weighted by Gasteiger charge is 2.35. The number of carbonyl (C=O) groups excluding carboxylic acids is 1. The molecule has 1 amide bonds. The van der Waals surface area contributed by atoms with Crippen LogP contribution in [0.15, 0.2) is 47.5 Å². The molecule has 3 aromatic rings. The van der Waals surface area contributed by atoms with E-state index in [2.05, 4.69) is 25.5 Å². The Morgan fingerprint density at radius 1 is 1.24 bits per heavy atom. The molecule has 0 saturated carbocycles. The Balaban J connectivity index is 0.000000868. The molecule has 3 aromatic heterocycles. The van der Waals surface area contributed by atoms with E-state index in [4.69, 9.17) is 9.90 Å². The number of aromatic nitrogens is 5. The van der Waals surface area contributed by atoms with Crippen LogP contribution in [0.5, 0.6) is 0 Å². The van der Waals surface area contributed by atoms with E-state index >= 15 is 0 Å². The smallest absolute Gasteiger partial charge is 0.290 e. The van der Waals surface area contributed by atoms with Crippen LogP contribution in [-0.2, 0) is 17.9 Å². The number of hydrogen-bond donors (Lipinski definition) is 2. The SMILES string of the molecule is Cc1cn(CCNC(=O)c2ccc3n(c2=O)C[C@H]2C[C@@H]3CN(c3ccccn3)C2)nn1.O=CO. The van der Waals surface area contributed by atoms with E-state index in [1.54, 1.807) is 10.7 Å². The Kier molecular flexibility index (Phi) is 7.00. The Labute approximate surface area is 196 Å². The summed E-state index contributed by atoms with van der Waals surface area (Å²) in [4.78, 5) is 40.9. The quantitative estimate of drug-likeness (QED) is 0.531. The number of rotatable bonds is 5. The third-order valence-electron chi connectivity index (χ3n) is 6.10. The molecule has 2 atom stereocenters. The number of fused-ring (bicyclic) bond motifs is 4. The number of piperidine rings is 1. The van der Waals surface area contributed by atoms with Crippen molar-refractivity contribution in [3.63, 3.8) is 0 Å². The number of carbonyl (C=O) groups is 2. The topological polar surface area (TPSA) is 135 Å². The highest BCUT2D eigenvalue weighted by molar-refractivity contribution is 5.93. The summed E-state index contributed by atoms with van der Waals surface area (Å²) < 4.78 is 3.48. The molecule has 2 bridgehead atoms. The fraction of sp³-hybridized carbons (Fsp3) is 0.391. The van der Waals surface area contributed by atoms with Gasteiger partial charge in [-0.1, -0.05) is 11.3 Å². The second-order valence-electron chi connectivity index (χ2n) is 8.46. The Bertz CT molecular complexity index is 1210. The molecule has 0 radical (unpaired) electrons. The number of amides is 1. The van der Waals surface area contributed by atoms with Crippen molar-refractivity contribution >= 4 is 18.2 Å². The number of carboxylic acid groups (broad SMARTS) is 1. The van der Waals surface area contributed by atoms with Gasteiger partial charge in [0.15, 0.2) is 0 Å². The number of nitrogens with one attached hydrogen (secondary N) is 1. The Morgan fingerprint density at radius 3 is 2.76 bits per heavy atom. The summed E-state index contributed by atoms with van der Waals surface area (Å²) in [6.45, 7) is 4.83. The van der Waals surface area contributed by atoms with Crippen LogP contribution in [0.25, 0.3) is 0 Å². The van der Waals surface area contributed by atoms with Gasteiger partial charge in [0.05, 0.1) is 12.2 Å². The molecule has 2 aliphatic heterocycles. The number of hydrogen-bond acceptors (Lipinski definition) is 7. The maximum atomic E-state index is 13.1. The number of nitrogens with zero attached hydrogens (tertiary/aromatic N) is 6. The maximum absolute atomic E-state index is 13.1. The van der Waals surface area contributed by atoms with Crippen molar-refractivity contribution in [2.75, 3.05) is 24.5 Å². The molecule has 5 rings (SSSR count). The van der Waals surface area contributed by atoms with Gasteiger partial charge in [-0.05, 0) is 43.5 Å². The van der Waals surface area contributed by atoms with Gasteiger partial charge in [0, 0.05) is 50.2 Å². The Morgan fingerprint density at radius 2 is 2.06 bits per heavy atom. The molecule has 34 heavy (non-hydrogen) atoms. The lowest BCUT2D eigenvalue weighted by Gasteiger charge is -2.43. The van der Waals surface area contributed by atoms with Crippen LogP contribution in [0.1, 0.15) is 34.1 Å². The molecule has 1 fully saturated rings.